The van der Waals surface area contributed by atoms with Gasteiger partial charge in [-0.25, -0.2) is 13.3 Å². The Labute approximate surface area is 153 Å². The molecule has 3 aromatic rings. The van der Waals surface area contributed by atoms with E-state index in [1.54, 1.807) is 30.3 Å². The first-order valence-electron chi connectivity index (χ1n) is 7.81. The first-order valence-corrected chi connectivity index (χ1v) is 8.87. The summed E-state index contributed by atoms with van der Waals surface area (Å²) >= 11 is -2.28. The summed E-state index contributed by atoms with van der Waals surface area (Å²) in [5.74, 6) is 0. The molecule has 0 aliphatic heterocycles. The van der Waals surface area contributed by atoms with E-state index < -0.39 is 11.3 Å². The molecule has 0 radical (unpaired) electrons. The lowest BCUT2D eigenvalue weighted by atomic mass is 10.1. The Kier molecular flexibility index (Phi) is 5.14. The zero-order valence-corrected chi connectivity index (χ0v) is 15.1. The first kappa shape index (κ1) is 17.8. The van der Waals surface area contributed by atoms with Crippen LogP contribution in [0.4, 0.5) is 22.7 Å². The van der Waals surface area contributed by atoms with Crippen LogP contribution >= 0.6 is 0 Å². The lowest BCUT2D eigenvalue weighted by molar-refractivity contribution is 0.563. The Balaban J connectivity index is 2.19. The second-order valence-corrected chi connectivity index (χ2v) is 6.62. The second-order valence-electron chi connectivity index (χ2n) is 5.79. The van der Waals surface area contributed by atoms with E-state index in [1.807, 2.05) is 49.3 Å². The molecule has 1 unspecified atom stereocenters. The third kappa shape index (κ3) is 3.36. The molecular formula is C19H17N3O3S. The molecule has 0 amide bonds. The van der Waals surface area contributed by atoms with Gasteiger partial charge in [0.15, 0.2) is 0 Å². The van der Waals surface area contributed by atoms with Crippen molar-refractivity contribution >= 4 is 50.9 Å². The number of carbonyl (C=O) groups excluding carboxylic acids is 1. The molecule has 6 nitrogen and oxygen atoms in total. The van der Waals surface area contributed by atoms with Crippen LogP contribution < -0.4 is 9.21 Å². The highest BCUT2D eigenvalue weighted by Crippen LogP contribution is 2.37. The van der Waals surface area contributed by atoms with Crippen LogP contribution in [-0.4, -0.2) is 28.9 Å². The van der Waals surface area contributed by atoms with E-state index in [9.17, 15) is 13.6 Å². The van der Waals surface area contributed by atoms with Gasteiger partial charge in [0, 0.05) is 30.6 Å². The lowest BCUT2D eigenvalue weighted by Crippen LogP contribution is -2.19. The molecule has 0 aromatic heterocycles. The summed E-state index contributed by atoms with van der Waals surface area (Å²) in [5, 5.41) is 1.84. The summed E-state index contributed by atoms with van der Waals surface area (Å²) in [6, 6.07) is 17.9. The van der Waals surface area contributed by atoms with Gasteiger partial charge in [-0.15, -0.1) is 0 Å². The van der Waals surface area contributed by atoms with Gasteiger partial charge in [-0.2, -0.15) is 4.99 Å². The Bertz CT molecular complexity index is 1010. The highest BCUT2D eigenvalue weighted by atomic mass is 32.2. The topological polar surface area (TPSA) is 73.2 Å². The van der Waals surface area contributed by atoms with E-state index >= 15 is 0 Å². The molecule has 0 bridgehead atoms. The van der Waals surface area contributed by atoms with E-state index in [-0.39, 0.29) is 0 Å². The quantitative estimate of drug-likeness (QED) is 0.418. The molecule has 1 N–H and O–H groups in total. The summed E-state index contributed by atoms with van der Waals surface area (Å²) in [6.07, 6.45) is 1.48. The molecule has 132 valence electrons. The van der Waals surface area contributed by atoms with Crippen molar-refractivity contribution in [2.45, 2.75) is 0 Å². The number of hydrogen-bond acceptors (Lipinski definition) is 4. The zero-order valence-electron chi connectivity index (χ0n) is 14.3. The Morgan fingerprint density at radius 2 is 1.50 bits per heavy atom. The molecule has 7 heteroatoms. The lowest BCUT2D eigenvalue weighted by Gasteiger charge is -2.23. The first-order chi connectivity index (χ1) is 12.5. The van der Waals surface area contributed by atoms with Gasteiger partial charge >= 0.3 is 0 Å². The van der Waals surface area contributed by atoms with E-state index in [2.05, 4.69) is 4.99 Å². The van der Waals surface area contributed by atoms with Crippen molar-refractivity contribution in [1.82, 2.24) is 0 Å². The van der Waals surface area contributed by atoms with E-state index in [1.165, 1.54) is 10.4 Å². The molecule has 0 spiro atoms. The van der Waals surface area contributed by atoms with Gasteiger partial charge in [-0.05, 0) is 36.4 Å². The molecule has 0 aliphatic rings. The fourth-order valence-electron chi connectivity index (χ4n) is 2.87. The maximum Gasteiger partial charge on any atom is 0.266 e. The normalized spacial score (nSPS) is 11.7. The van der Waals surface area contributed by atoms with Crippen molar-refractivity contribution in [3.05, 3.63) is 60.7 Å². The van der Waals surface area contributed by atoms with Gasteiger partial charge in [0.1, 0.15) is 0 Å². The van der Waals surface area contributed by atoms with Crippen molar-refractivity contribution in [3.63, 3.8) is 0 Å². The van der Waals surface area contributed by atoms with Crippen LogP contribution in [0.15, 0.2) is 65.7 Å². The number of aliphatic imine (C=N–C) groups is 1. The third-order valence-electron chi connectivity index (χ3n) is 3.99. The van der Waals surface area contributed by atoms with Crippen LogP contribution in [0.1, 0.15) is 0 Å². The fraction of sp³-hybridized carbons (Fsp3) is 0.105. The maximum absolute atomic E-state index is 12.1. The highest BCUT2D eigenvalue weighted by Gasteiger charge is 2.18. The Hall–Kier alpha value is -2.99. The third-order valence-corrected chi connectivity index (χ3v) is 4.71. The average molecular weight is 367 g/mol. The van der Waals surface area contributed by atoms with Crippen molar-refractivity contribution in [2.75, 3.05) is 23.3 Å². The number of anilines is 3. The summed E-state index contributed by atoms with van der Waals surface area (Å²) < 4.78 is 23.4. The second kappa shape index (κ2) is 7.49. The maximum atomic E-state index is 12.1. The number of isocyanates is 1. The molecule has 3 rings (SSSR count). The van der Waals surface area contributed by atoms with Crippen LogP contribution in [-0.2, 0) is 16.1 Å². The predicted octanol–water partition coefficient (Wildman–Crippen LogP) is 4.15. The van der Waals surface area contributed by atoms with Crippen LogP contribution in [0.5, 0.6) is 0 Å². The van der Waals surface area contributed by atoms with Crippen molar-refractivity contribution < 1.29 is 13.6 Å². The number of rotatable bonds is 5. The molecular weight excluding hydrogens is 350 g/mol. The number of benzene rings is 3. The molecule has 3 aromatic carbocycles. The SMILES string of the molecule is CN(C)c1cccc2c(N(c3ccc(N=C=O)cc3)S(=O)O)cccc12. The Morgan fingerprint density at radius 3 is 2.04 bits per heavy atom. The van der Waals surface area contributed by atoms with Gasteiger partial charge in [0.2, 0.25) is 6.08 Å². The molecule has 0 saturated heterocycles. The minimum Gasteiger partial charge on any atom is -0.377 e. The number of fused-ring (bicyclic) bond motifs is 1. The van der Waals surface area contributed by atoms with Gasteiger partial charge in [0.05, 0.1) is 17.1 Å². The van der Waals surface area contributed by atoms with Gasteiger partial charge in [-0.3, -0.25) is 4.55 Å². The van der Waals surface area contributed by atoms with Crippen LogP contribution in [0.25, 0.3) is 10.8 Å². The minimum atomic E-state index is -2.28. The summed E-state index contributed by atoms with van der Waals surface area (Å²) in [6.45, 7) is 0. The molecule has 0 saturated carbocycles. The van der Waals surface area contributed by atoms with E-state index in [0.717, 1.165) is 16.5 Å². The van der Waals surface area contributed by atoms with Crippen LogP contribution in [0, 0.1) is 0 Å². The minimum absolute atomic E-state index is 0.431. The van der Waals surface area contributed by atoms with Crippen LogP contribution in [0.2, 0.25) is 0 Å². The summed E-state index contributed by atoms with van der Waals surface area (Å²) in [7, 11) is 3.91. The van der Waals surface area contributed by atoms with E-state index in [0.29, 0.717) is 17.1 Å². The zero-order chi connectivity index (χ0) is 18.7. The van der Waals surface area contributed by atoms with Gasteiger partial charge in [-0.1, -0.05) is 24.3 Å². The number of hydrogen-bond donors (Lipinski definition) is 1. The van der Waals surface area contributed by atoms with Crippen molar-refractivity contribution in [1.29, 1.82) is 0 Å². The van der Waals surface area contributed by atoms with E-state index in [4.69, 9.17) is 0 Å². The fourth-order valence-corrected chi connectivity index (χ4v) is 3.50. The molecule has 0 aliphatic carbocycles. The van der Waals surface area contributed by atoms with Crippen molar-refractivity contribution in [3.8, 4) is 0 Å². The number of nitrogens with zero attached hydrogens (tertiary/aromatic N) is 3. The molecule has 26 heavy (non-hydrogen) atoms. The standard InChI is InChI=1S/C19H17N3O3S/c1-21(2)18-7-3-6-17-16(18)5-4-8-19(17)22(26(24)25)15-11-9-14(10-12-15)20-13-23/h3-12H,1-2H3,(H,24,25). The van der Waals surface area contributed by atoms with Crippen LogP contribution in [0.3, 0.4) is 0 Å². The smallest absolute Gasteiger partial charge is 0.266 e. The van der Waals surface area contributed by atoms with Gasteiger partial charge < -0.3 is 4.90 Å². The van der Waals surface area contributed by atoms with Gasteiger partial charge in [0.25, 0.3) is 11.3 Å². The highest BCUT2D eigenvalue weighted by molar-refractivity contribution is 7.81. The predicted molar refractivity (Wildman–Crippen MR) is 105 cm³/mol. The molecule has 0 fully saturated rings. The van der Waals surface area contributed by atoms with Crippen molar-refractivity contribution in [2.24, 2.45) is 4.99 Å². The average Bonchev–Trinajstić information content (AvgIpc) is 2.63. The summed E-state index contributed by atoms with van der Waals surface area (Å²) in [5.41, 5.74) is 2.57. The monoisotopic (exact) mass is 367 g/mol. The molecule has 0 heterocycles. The molecule has 1 atom stereocenters. The largest absolute Gasteiger partial charge is 0.377 e. The summed E-state index contributed by atoms with van der Waals surface area (Å²) in [4.78, 5) is 15.9. The Morgan fingerprint density at radius 1 is 0.923 bits per heavy atom.